The molecule has 2 heterocycles. The highest BCUT2D eigenvalue weighted by molar-refractivity contribution is 6.31. The Kier molecular flexibility index (Phi) is 1.24. The van der Waals surface area contributed by atoms with Gasteiger partial charge in [-0.2, -0.15) is 0 Å². The minimum Gasteiger partial charge on any atom is -0.268 e. The first-order valence-corrected chi connectivity index (χ1v) is 3.53. The minimum atomic E-state index is 0.556. The van der Waals surface area contributed by atoms with Crippen LogP contribution in [0.2, 0.25) is 5.15 Å². The highest BCUT2D eigenvalue weighted by Gasteiger charge is 2.20. The van der Waals surface area contributed by atoms with Crippen molar-refractivity contribution in [2.75, 3.05) is 11.9 Å². The second-order valence-electron chi connectivity index (χ2n) is 2.19. The van der Waals surface area contributed by atoms with Crippen molar-refractivity contribution in [3.63, 3.8) is 0 Å². The van der Waals surface area contributed by atoms with E-state index in [0.29, 0.717) is 5.15 Å². The summed E-state index contributed by atoms with van der Waals surface area (Å²) < 4.78 is 2.05. The van der Waals surface area contributed by atoms with Crippen molar-refractivity contribution in [1.82, 2.24) is 4.98 Å². The van der Waals surface area contributed by atoms with Gasteiger partial charge in [-0.1, -0.05) is 11.6 Å². The number of aromatic nitrogens is 2. The average Bonchev–Trinajstić information content (AvgIpc) is 2.36. The Morgan fingerprint density at radius 3 is 3.40 bits per heavy atom. The Bertz CT molecular complexity index is 261. The lowest BCUT2D eigenvalue weighted by Gasteiger charge is -1.92. The van der Waals surface area contributed by atoms with Crippen LogP contribution in [0, 0.1) is 0 Å². The summed E-state index contributed by atoms with van der Waals surface area (Å²) in [7, 11) is 0. The van der Waals surface area contributed by atoms with Gasteiger partial charge in [0.25, 0.3) is 0 Å². The van der Waals surface area contributed by atoms with E-state index in [1.165, 1.54) is 0 Å². The van der Waals surface area contributed by atoms with E-state index in [1.54, 1.807) is 6.20 Å². The highest BCUT2D eigenvalue weighted by atomic mass is 35.5. The zero-order valence-electron chi connectivity index (χ0n) is 5.34. The van der Waals surface area contributed by atoms with E-state index in [9.17, 15) is 0 Å². The quantitative estimate of drug-likeness (QED) is 0.553. The van der Waals surface area contributed by atoms with E-state index < -0.39 is 0 Å². The molecule has 1 N–H and O–H groups in total. The van der Waals surface area contributed by atoms with Crippen LogP contribution in [0.25, 0.3) is 0 Å². The topological polar surface area (TPSA) is 28.8 Å². The number of nitrogens with zero attached hydrogens (tertiary/aromatic N) is 2. The van der Waals surface area contributed by atoms with Crippen molar-refractivity contribution < 1.29 is 4.57 Å². The van der Waals surface area contributed by atoms with Crippen molar-refractivity contribution in [3.8, 4) is 0 Å². The van der Waals surface area contributed by atoms with Gasteiger partial charge in [0.1, 0.15) is 19.3 Å². The molecule has 0 spiro atoms. The Balaban J connectivity index is 2.59. The van der Waals surface area contributed by atoms with Gasteiger partial charge in [-0.05, 0) is 0 Å². The monoisotopic (exact) mass is 156 g/mol. The molecule has 1 aromatic heterocycles. The fourth-order valence-corrected chi connectivity index (χ4v) is 1.32. The fraction of sp³-hybridized carbons (Fsp3) is 0.333. The molecule has 0 unspecified atom stereocenters. The van der Waals surface area contributed by atoms with Crippen LogP contribution in [0.4, 0.5) is 5.82 Å². The van der Waals surface area contributed by atoms with E-state index in [-0.39, 0.29) is 0 Å². The van der Waals surface area contributed by atoms with Gasteiger partial charge in [-0.25, -0.2) is 9.55 Å². The normalized spacial score (nSPS) is 14.5. The first kappa shape index (κ1) is 5.92. The van der Waals surface area contributed by atoms with Crippen LogP contribution >= 0.6 is 11.6 Å². The maximum absolute atomic E-state index is 5.78. The first-order chi connectivity index (χ1) is 4.88. The summed E-state index contributed by atoms with van der Waals surface area (Å²) in [5.41, 5.74) is 0. The van der Waals surface area contributed by atoms with E-state index in [2.05, 4.69) is 14.9 Å². The molecule has 1 aliphatic rings. The average molecular weight is 157 g/mol. The molecule has 10 heavy (non-hydrogen) atoms. The molecule has 0 aromatic carbocycles. The number of halogens is 1. The summed E-state index contributed by atoms with van der Waals surface area (Å²) in [5.74, 6) is 0.934. The molecule has 52 valence electrons. The summed E-state index contributed by atoms with van der Waals surface area (Å²) in [4.78, 5) is 3.93. The Morgan fingerprint density at radius 1 is 1.70 bits per heavy atom. The number of nitrogens with one attached hydrogen (secondary N) is 1. The molecule has 0 aliphatic carbocycles. The fourth-order valence-electron chi connectivity index (χ4n) is 1.09. The molecule has 1 aromatic rings. The zero-order chi connectivity index (χ0) is 6.97. The summed E-state index contributed by atoms with van der Waals surface area (Å²) in [6, 6.07) is 0. The molecule has 4 heteroatoms. The number of hydrogen-bond donors (Lipinski definition) is 1. The van der Waals surface area contributed by atoms with Gasteiger partial charge < -0.3 is 0 Å². The van der Waals surface area contributed by atoms with Gasteiger partial charge >= 0.3 is 5.82 Å². The van der Waals surface area contributed by atoms with Crippen LogP contribution < -0.4 is 9.88 Å². The molecular weight excluding hydrogens is 150 g/mol. The summed E-state index contributed by atoms with van der Waals surface area (Å²) >= 11 is 5.78. The molecule has 0 amide bonds. The van der Waals surface area contributed by atoms with Crippen LogP contribution in [0.15, 0.2) is 12.4 Å². The molecule has 0 atom stereocenters. The van der Waals surface area contributed by atoms with Crippen molar-refractivity contribution >= 4 is 17.4 Å². The first-order valence-electron chi connectivity index (χ1n) is 3.16. The lowest BCUT2D eigenvalue weighted by Crippen LogP contribution is -2.30. The molecule has 0 bridgehead atoms. The molecule has 3 nitrogen and oxygen atoms in total. The third kappa shape index (κ3) is 0.743. The second kappa shape index (κ2) is 2.09. The third-order valence-electron chi connectivity index (χ3n) is 1.56. The summed E-state index contributed by atoms with van der Waals surface area (Å²) in [5, 5.41) is 3.69. The molecular formula is C6H7ClN3+. The Labute approximate surface area is 63.7 Å². The van der Waals surface area contributed by atoms with Crippen LogP contribution in [-0.2, 0) is 6.54 Å². The van der Waals surface area contributed by atoms with Gasteiger partial charge in [-0.3, -0.25) is 5.32 Å². The smallest absolute Gasteiger partial charge is 0.268 e. The van der Waals surface area contributed by atoms with Gasteiger partial charge in [0, 0.05) is 0 Å². The Hall–Kier alpha value is -0.830. The Morgan fingerprint density at radius 2 is 2.60 bits per heavy atom. The van der Waals surface area contributed by atoms with Crippen molar-refractivity contribution in [1.29, 1.82) is 0 Å². The second-order valence-corrected chi connectivity index (χ2v) is 2.54. The number of fused-ring (bicyclic) bond motifs is 1. The number of rotatable bonds is 0. The highest BCUT2D eigenvalue weighted by Crippen LogP contribution is 2.14. The molecule has 0 radical (unpaired) electrons. The van der Waals surface area contributed by atoms with Gasteiger partial charge in [0.15, 0.2) is 0 Å². The number of anilines is 1. The largest absolute Gasteiger partial charge is 0.313 e. The van der Waals surface area contributed by atoms with Crippen molar-refractivity contribution in [3.05, 3.63) is 17.5 Å². The third-order valence-corrected chi connectivity index (χ3v) is 1.84. The zero-order valence-corrected chi connectivity index (χ0v) is 6.10. The van der Waals surface area contributed by atoms with Crippen LogP contribution in [0.5, 0.6) is 0 Å². The molecule has 0 fully saturated rings. The predicted molar refractivity (Wildman–Crippen MR) is 37.9 cm³/mol. The molecule has 0 saturated carbocycles. The minimum absolute atomic E-state index is 0.556. The number of hydrogen-bond acceptors (Lipinski definition) is 2. The molecule has 0 saturated heterocycles. The summed E-state index contributed by atoms with van der Waals surface area (Å²) in [6.07, 6.45) is 3.63. The predicted octanol–water partition coefficient (Wildman–Crippen LogP) is 0.448. The molecule has 2 rings (SSSR count). The lowest BCUT2D eigenvalue weighted by atomic mass is 10.6. The maximum atomic E-state index is 5.78. The standard InChI is InChI=1S/C6H6ClN3/c7-5-6-9-2-4-10(6)3-1-8-5/h1,3H,2,4H2/p+1. The van der Waals surface area contributed by atoms with E-state index in [4.69, 9.17) is 11.6 Å². The summed E-state index contributed by atoms with van der Waals surface area (Å²) in [6.45, 7) is 1.93. The SMILES string of the molecule is Clc1ncc[n+]2c1NCC2. The lowest BCUT2D eigenvalue weighted by molar-refractivity contribution is -0.671. The van der Waals surface area contributed by atoms with Crippen LogP contribution in [0.3, 0.4) is 0 Å². The molecule has 1 aliphatic heterocycles. The van der Waals surface area contributed by atoms with E-state index >= 15 is 0 Å². The maximum Gasteiger partial charge on any atom is 0.313 e. The van der Waals surface area contributed by atoms with Gasteiger partial charge in [0.2, 0.25) is 5.15 Å². The van der Waals surface area contributed by atoms with E-state index in [0.717, 1.165) is 18.9 Å². The van der Waals surface area contributed by atoms with Crippen LogP contribution in [-0.4, -0.2) is 11.5 Å². The van der Waals surface area contributed by atoms with Crippen molar-refractivity contribution in [2.45, 2.75) is 6.54 Å². The van der Waals surface area contributed by atoms with E-state index in [1.807, 2.05) is 6.20 Å². The van der Waals surface area contributed by atoms with Gasteiger partial charge in [-0.15, -0.1) is 0 Å². The van der Waals surface area contributed by atoms with Gasteiger partial charge in [0.05, 0.1) is 6.20 Å². The van der Waals surface area contributed by atoms with Crippen molar-refractivity contribution in [2.24, 2.45) is 0 Å². The van der Waals surface area contributed by atoms with Crippen LogP contribution in [0.1, 0.15) is 0 Å².